The van der Waals surface area contributed by atoms with Crippen molar-refractivity contribution in [1.82, 2.24) is 23.6 Å². The second-order valence-electron chi connectivity index (χ2n) is 21.0. The highest BCUT2D eigenvalue weighted by molar-refractivity contribution is 6.74. The minimum absolute atomic E-state index is 0.0787. The molecular weight excluding hydrogens is 1020 g/mol. The summed E-state index contributed by atoms with van der Waals surface area (Å²) in [5, 5.41) is -0.162. The molecule has 4 aromatic carbocycles. The van der Waals surface area contributed by atoms with Crippen LogP contribution in [0.25, 0.3) is 0 Å². The molecule has 0 aliphatic carbocycles. The summed E-state index contributed by atoms with van der Waals surface area (Å²) in [7, 11) is 5.79. The smallest absolute Gasteiger partial charge is 0.335 e. The summed E-state index contributed by atoms with van der Waals surface area (Å²) in [6.07, 6.45) is -3.65. The average Bonchev–Trinajstić information content (AvgIpc) is 3.99. The molecule has 4 heterocycles. The summed E-state index contributed by atoms with van der Waals surface area (Å²) < 4.78 is 67.9. The molecule has 0 radical (unpaired) electrons. The van der Waals surface area contributed by atoms with Crippen molar-refractivity contribution in [2.24, 2.45) is 0 Å². The fourth-order valence-electron chi connectivity index (χ4n) is 9.83. The number of likely N-dealkylation sites (N-methyl/N-ethyl adjacent to an activating group) is 1. The summed E-state index contributed by atoms with van der Waals surface area (Å²) in [4.78, 5) is 57.4. The molecule has 418 valence electrons. The van der Waals surface area contributed by atoms with E-state index in [2.05, 4.69) is 38.8 Å². The van der Waals surface area contributed by atoms with Gasteiger partial charge in [0.15, 0.2) is 20.8 Å². The van der Waals surface area contributed by atoms with E-state index in [-0.39, 0.29) is 31.6 Å². The predicted octanol–water partition coefficient (Wildman–Crippen LogP) is 6.29. The molecular formula is C58H73N5O14Si. The largest absolute Gasteiger partial charge is 0.497 e. The first-order valence-corrected chi connectivity index (χ1v) is 28.9. The third kappa shape index (κ3) is 12.6. The molecule has 2 aromatic heterocycles. The number of ether oxygens (including phenoxy) is 9. The number of aromatic amines is 1. The van der Waals surface area contributed by atoms with Gasteiger partial charge in [-0.25, -0.2) is 14.2 Å². The van der Waals surface area contributed by atoms with E-state index in [1.165, 1.54) is 40.8 Å². The molecule has 19 nitrogen and oxygen atoms in total. The van der Waals surface area contributed by atoms with Gasteiger partial charge in [-0.05, 0) is 71.7 Å². The number of rotatable bonds is 24. The van der Waals surface area contributed by atoms with Gasteiger partial charge < -0.3 is 52.0 Å². The lowest BCUT2D eigenvalue weighted by molar-refractivity contribution is -0.106. The lowest BCUT2D eigenvalue weighted by Gasteiger charge is -2.40. The molecule has 2 fully saturated rings. The monoisotopic (exact) mass is 1090 g/mol. The van der Waals surface area contributed by atoms with Crippen molar-refractivity contribution in [3.05, 3.63) is 198 Å². The number of methoxy groups -OCH3 is 4. The van der Waals surface area contributed by atoms with Crippen LogP contribution >= 0.6 is 0 Å². The van der Waals surface area contributed by atoms with E-state index >= 15 is 0 Å². The van der Waals surface area contributed by atoms with Crippen LogP contribution in [0.4, 0.5) is 0 Å². The fraction of sp³-hybridized carbons (Fsp3) is 0.448. The Labute approximate surface area is 455 Å². The first-order valence-electron chi connectivity index (χ1n) is 26.0. The topological polar surface area (TPSA) is 194 Å². The number of nitrogens with zero attached hydrogens (tertiary/aromatic N) is 4. The van der Waals surface area contributed by atoms with Crippen LogP contribution < -0.4 is 32.0 Å². The Kier molecular flexibility index (Phi) is 18.7. The standard InChI is InChI=1S/C58H73N5O14Si/c1-57(2,3)78(9,10)77-50-45(75-53(52(50)71-8)61-31-29-47(64)59-55(61)66)35-60(4)33-34-73-49-46(76-54(51(49)70-7)62-32-30-48(65)63(56(62)67)38-72-36-39-17-13-11-14-18-39)37-74-58(40-19-15-12-16-20-40,41-21-25-43(68-5)26-22-41)42-23-27-44(69-6)28-24-42/h11-32,45-46,49-54H,33-38H2,1-10H3,(H,59,64,66)/t45-,46-,49-,50-,51-,52-,53-,54-/m1/s1. The Bertz CT molecular complexity index is 3080. The Morgan fingerprint density at radius 1 is 0.654 bits per heavy atom. The van der Waals surface area contributed by atoms with Crippen LogP contribution in [-0.2, 0) is 56.5 Å². The lowest BCUT2D eigenvalue weighted by atomic mass is 9.80. The maximum absolute atomic E-state index is 14.4. The molecule has 78 heavy (non-hydrogen) atoms. The van der Waals surface area contributed by atoms with Gasteiger partial charge in [0.2, 0.25) is 0 Å². The molecule has 8 atom stereocenters. The van der Waals surface area contributed by atoms with Crippen molar-refractivity contribution >= 4 is 8.32 Å². The molecule has 2 aliphatic heterocycles. The van der Waals surface area contributed by atoms with Gasteiger partial charge in [-0.2, -0.15) is 0 Å². The van der Waals surface area contributed by atoms with Crippen LogP contribution in [0.15, 0.2) is 153 Å². The van der Waals surface area contributed by atoms with E-state index in [0.29, 0.717) is 24.6 Å². The van der Waals surface area contributed by atoms with Crippen molar-refractivity contribution in [3.63, 3.8) is 0 Å². The number of hydrogen-bond donors (Lipinski definition) is 1. The van der Waals surface area contributed by atoms with E-state index in [9.17, 15) is 19.2 Å². The summed E-state index contributed by atoms with van der Waals surface area (Å²) in [5.41, 5.74) is -0.309. The number of aromatic nitrogens is 4. The lowest BCUT2D eigenvalue weighted by Crippen LogP contribution is -2.51. The summed E-state index contributed by atoms with van der Waals surface area (Å²) in [5.74, 6) is 1.33. The SMILES string of the molecule is COc1ccc(C(OC[C@H]2O[C@@H](n3ccc(=O)n(COCc4ccccc4)c3=O)[C@H](OC)[C@@H]2OCCN(C)C[C@H]2O[C@@H](n3ccc(=O)[nH]c3=O)[C@H](OC)[C@@H]2O[Si](C)(C)C(C)(C)C)(c2ccccc2)c2ccc(OC)cc2)cc1. The normalized spacial score (nSPS) is 21.8. The first-order chi connectivity index (χ1) is 37.4. The molecule has 0 saturated carbocycles. The van der Waals surface area contributed by atoms with E-state index < -0.39 is 85.5 Å². The number of nitrogens with one attached hydrogen (secondary N) is 1. The van der Waals surface area contributed by atoms with E-state index in [1.807, 2.05) is 121 Å². The first kappa shape index (κ1) is 57.9. The molecule has 2 saturated heterocycles. The van der Waals surface area contributed by atoms with Gasteiger partial charge in [0.25, 0.3) is 11.1 Å². The number of hydrogen-bond acceptors (Lipinski definition) is 15. The van der Waals surface area contributed by atoms with Gasteiger partial charge in [0.1, 0.15) is 60.5 Å². The Morgan fingerprint density at radius 2 is 1.21 bits per heavy atom. The zero-order valence-electron chi connectivity index (χ0n) is 46.1. The highest BCUT2D eigenvalue weighted by Gasteiger charge is 2.52. The summed E-state index contributed by atoms with van der Waals surface area (Å²) >= 11 is 0. The molecule has 20 heteroatoms. The molecule has 0 spiro atoms. The van der Waals surface area contributed by atoms with E-state index in [0.717, 1.165) is 26.8 Å². The zero-order valence-corrected chi connectivity index (χ0v) is 47.1. The minimum Gasteiger partial charge on any atom is -0.497 e. The van der Waals surface area contributed by atoms with Crippen molar-refractivity contribution < 1.29 is 47.1 Å². The zero-order chi connectivity index (χ0) is 55.8. The molecule has 1 N–H and O–H groups in total. The highest BCUT2D eigenvalue weighted by Crippen LogP contribution is 2.45. The predicted molar refractivity (Wildman–Crippen MR) is 295 cm³/mol. The van der Waals surface area contributed by atoms with Crippen LogP contribution in [0.2, 0.25) is 18.1 Å². The summed E-state index contributed by atoms with van der Waals surface area (Å²) in [6, 6.07) is 37.3. The Morgan fingerprint density at radius 3 is 1.78 bits per heavy atom. The van der Waals surface area contributed by atoms with Crippen LogP contribution in [0.1, 0.15) is 55.5 Å². The minimum atomic E-state index is -2.45. The van der Waals surface area contributed by atoms with Crippen molar-refractivity contribution in [1.29, 1.82) is 0 Å². The molecule has 8 rings (SSSR count). The molecule has 0 amide bonds. The highest BCUT2D eigenvalue weighted by atomic mass is 28.4. The maximum Gasteiger partial charge on any atom is 0.335 e. The second kappa shape index (κ2) is 25.2. The van der Waals surface area contributed by atoms with Crippen LogP contribution in [-0.4, -0.2) is 130 Å². The number of H-pyrrole nitrogens is 1. The van der Waals surface area contributed by atoms with Crippen molar-refractivity contribution in [2.75, 3.05) is 61.8 Å². The average molecular weight is 1090 g/mol. The number of benzene rings is 4. The van der Waals surface area contributed by atoms with Gasteiger partial charge in [0, 0.05) is 51.8 Å². The molecule has 6 aromatic rings. The van der Waals surface area contributed by atoms with Crippen molar-refractivity contribution in [3.8, 4) is 11.5 Å². The van der Waals surface area contributed by atoms with Gasteiger partial charge in [-0.1, -0.05) is 106 Å². The van der Waals surface area contributed by atoms with E-state index in [4.69, 9.17) is 47.1 Å². The van der Waals surface area contributed by atoms with Crippen LogP contribution in [0.5, 0.6) is 11.5 Å². The van der Waals surface area contributed by atoms with Gasteiger partial charge in [-0.15, -0.1) is 0 Å². The van der Waals surface area contributed by atoms with Crippen molar-refractivity contribution in [2.45, 2.75) is 107 Å². The fourth-order valence-corrected chi connectivity index (χ4v) is 11.2. The third-order valence-electron chi connectivity index (χ3n) is 15.1. The van der Waals surface area contributed by atoms with Crippen LogP contribution in [0, 0.1) is 0 Å². The molecule has 2 aliphatic rings. The van der Waals surface area contributed by atoms with Gasteiger partial charge in [-0.3, -0.25) is 23.7 Å². The molecule has 0 bridgehead atoms. The van der Waals surface area contributed by atoms with Gasteiger partial charge in [0.05, 0.1) is 34.0 Å². The van der Waals surface area contributed by atoms with E-state index in [1.54, 1.807) is 21.3 Å². The van der Waals surface area contributed by atoms with Gasteiger partial charge >= 0.3 is 11.4 Å². The Balaban J connectivity index is 1.11. The maximum atomic E-state index is 14.4. The quantitative estimate of drug-likeness (QED) is 0.0524. The summed E-state index contributed by atoms with van der Waals surface area (Å²) in [6.45, 7) is 11.4. The Hall–Kier alpha value is -6.30. The third-order valence-corrected chi connectivity index (χ3v) is 19.6. The molecule has 0 unspecified atom stereocenters. The second-order valence-corrected chi connectivity index (χ2v) is 25.8. The van der Waals surface area contributed by atoms with Crippen LogP contribution in [0.3, 0.4) is 0 Å².